The van der Waals surface area contributed by atoms with Crippen molar-refractivity contribution in [3.63, 3.8) is 0 Å². The van der Waals surface area contributed by atoms with Crippen LogP contribution in [-0.2, 0) is 19.6 Å². The van der Waals surface area contributed by atoms with Crippen LogP contribution in [0.5, 0.6) is 0 Å². The Labute approximate surface area is 147 Å². The van der Waals surface area contributed by atoms with Gasteiger partial charge in [-0.15, -0.1) is 0 Å². The third kappa shape index (κ3) is 5.25. The fraction of sp³-hybridized carbons (Fsp3) is 0.500. The number of benzene rings is 1. The fourth-order valence-electron chi connectivity index (χ4n) is 2.63. The molecule has 2 rings (SSSR count). The molecule has 4 N–H and O–H groups in total. The number of piperidine rings is 1. The highest BCUT2D eigenvalue weighted by Gasteiger charge is 2.29. The zero-order chi connectivity index (χ0) is 18.4. The Bertz CT molecular complexity index is 710. The molecule has 1 aromatic rings. The number of hydrogen-bond acceptors (Lipinski definition) is 5. The first-order valence-electron chi connectivity index (χ1n) is 8.16. The van der Waals surface area contributed by atoms with E-state index in [2.05, 4.69) is 10.6 Å². The van der Waals surface area contributed by atoms with Gasteiger partial charge in [0.15, 0.2) is 0 Å². The summed E-state index contributed by atoms with van der Waals surface area (Å²) in [7, 11) is -3.51. The van der Waals surface area contributed by atoms with E-state index in [1.54, 1.807) is 24.3 Å². The first kappa shape index (κ1) is 19.4. The number of carbonyl (C=O) groups excluding carboxylic acids is 2. The molecule has 0 spiro atoms. The van der Waals surface area contributed by atoms with Gasteiger partial charge in [-0.1, -0.05) is 17.7 Å². The van der Waals surface area contributed by atoms with Gasteiger partial charge < -0.3 is 16.4 Å². The van der Waals surface area contributed by atoms with E-state index in [1.165, 1.54) is 4.31 Å². The van der Waals surface area contributed by atoms with E-state index in [0.29, 0.717) is 25.9 Å². The summed E-state index contributed by atoms with van der Waals surface area (Å²) in [5.74, 6) is -0.698. The molecule has 0 unspecified atom stereocenters. The molecule has 0 atom stereocenters. The second-order valence-corrected chi connectivity index (χ2v) is 7.98. The molecule has 1 fully saturated rings. The standard InChI is InChI=1S/C16H24N4O4S/c1-12-2-4-14(5-3-12)25(23,24)20-8-6-13(7-9-20)19-16(22)11-18-15(21)10-17/h2-5,13H,6-11,17H2,1H3,(H,18,21)(H,19,22). The molecule has 25 heavy (non-hydrogen) atoms. The topological polar surface area (TPSA) is 122 Å². The third-order valence-electron chi connectivity index (χ3n) is 4.11. The van der Waals surface area contributed by atoms with Gasteiger partial charge >= 0.3 is 0 Å². The molecule has 1 aromatic carbocycles. The lowest BCUT2D eigenvalue weighted by molar-refractivity contribution is -0.125. The number of aryl methyl sites for hydroxylation is 1. The summed E-state index contributed by atoms with van der Waals surface area (Å²) in [5, 5.41) is 5.20. The summed E-state index contributed by atoms with van der Waals surface area (Å²) in [4.78, 5) is 23.1. The van der Waals surface area contributed by atoms with Crippen molar-refractivity contribution < 1.29 is 18.0 Å². The van der Waals surface area contributed by atoms with Crippen molar-refractivity contribution in [2.24, 2.45) is 5.73 Å². The minimum atomic E-state index is -3.51. The number of hydrogen-bond donors (Lipinski definition) is 3. The molecule has 0 aromatic heterocycles. The molecule has 1 aliphatic heterocycles. The minimum absolute atomic E-state index is 0.105. The Kier molecular flexibility index (Phi) is 6.51. The minimum Gasteiger partial charge on any atom is -0.352 e. The van der Waals surface area contributed by atoms with Crippen molar-refractivity contribution in [2.45, 2.75) is 30.7 Å². The Balaban J connectivity index is 1.85. The van der Waals surface area contributed by atoms with Gasteiger partial charge in [0.25, 0.3) is 0 Å². The van der Waals surface area contributed by atoms with Gasteiger partial charge in [-0.2, -0.15) is 4.31 Å². The van der Waals surface area contributed by atoms with Crippen LogP contribution in [0.15, 0.2) is 29.2 Å². The van der Waals surface area contributed by atoms with E-state index in [9.17, 15) is 18.0 Å². The van der Waals surface area contributed by atoms with Gasteiger partial charge in [0.2, 0.25) is 21.8 Å². The number of nitrogens with two attached hydrogens (primary N) is 1. The average Bonchev–Trinajstić information content (AvgIpc) is 2.60. The number of rotatable bonds is 6. The summed E-state index contributed by atoms with van der Waals surface area (Å²) < 4.78 is 26.7. The van der Waals surface area contributed by atoms with E-state index >= 15 is 0 Å². The van der Waals surface area contributed by atoms with E-state index in [0.717, 1.165) is 5.56 Å². The number of nitrogens with one attached hydrogen (secondary N) is 2. The number of nitrogens with zero attached hydrogens (tertiary/aromatic N) is 1. The van der Waals surface area contributed by atoms with Gasteiger partial charge in [0.05, 0.1) is 18.0 Å². The number of sulfonamides is 1. The zero-order valence-electron chi connectivity index (χ0n) is 14.2. The van der Waals surface area contributed by atoms with Crippen molar-refractivity contribution in [2.75, 3.05) is 26.2 Å². The highest BCUT2D eigenvalue weighted by atomic mass is 32.2. The monoisotopic (exact) mass is 368 g/mol. The summed E-state index contributed by atoms with van der Waals surface area (Å²) in [6.07, 6.45) is 1.06. The van der Waals surface area contributed by atoms with Crippen molar-refractivity contribution in [3.8, 4) is 0 Å². The van der Waals surface area contributed by atoms with Gasteiger partial charge in [-0.3, -0.25) is 9.59 Å². The highest BCUT2D eigenvalue weighted by Crippen LogP contribution is 2.21. The van der Waals surface area contributed by atoms with Crippen molar-refractivity contribution >= 4 is 21.8 Å². The molecule has 0 aliphatic carbocycles. The van der Waals surface area contributed by atoms with Crippen LogP contribution in [-0.4, -0.2) is 56.8 Å². The normalized spacial score (nSPS) is 16.4. The van der Waals surface area contributed by atoms with E-state index in [-0.39, 0.29) is 29.9 Å². The molecule has 1 aliphatic rings. The SMILES string of the molecule is Cc1ccc(S(=O)(=O)N2CCC(NC(=O)CNC(=O)CN)CC2)cc1. The van der Waals surface area contributed by atoms with Crippen LogP contribution in [0, 0.1) is 6.92 Å². The first-order valence-corrected chi connectivity index (χ1v) is 9.60. The molecule has 0 saturated carbocycles. The zero-order valence-corrected chi connectivity index (χ0v) is 15.0. The predicted octanol–water partition coefficient (Wildman–Crippen LogP) is -0.661. The van der Waals surface area contributed by atoms with Crippen LogP contribution in [0.1, 0.15) is 18.4 Å². The molecule has 138 valence electrons. The molecular formula is C16H24N4O4S. The lowest BCUT2D eigenvalue weighted by atomic mass is 10.1. The maximum Gasteiger partial charge on any atom is 0.243 e. The van der Waals surface area contributed by atoms with Gasteiger partial charge in [-0.25, -0.2) is 8.42 Å². The predicted molar refractivity (Wildman–Crippen MR) is 93.2 cm³/mol. The second kappa shape index (κ2) is 8.41. The van der Waals surface area contributed by atoms with Crippen LogP contribution in [0.3, 0.4) is 0 Å². The third-order valence-corrected chi connectivity index (χ3v) is 6.02. The van der Waals surface area contributed by atoms with Gasteiger partial charge in [0, 0.05) is 19.1 Å². The highest BCUT2D eigenvalue weighted by molar-refractivity contribution is 7.89. The maximum atomic E-state index is 12.6. The van der Waals surface area contributed by atoms with Crippen LogP contribution >= 0.6 is 0 Å². The van der Waals surface area contributed by atoms with Crippen molar-refractivity contribution in [3.05, 3.63) is 29.8 Å². The molecule has 2 amide bonds. The average molecular weight is 368 g/mol. The molecule has 8 nitrogen and oxygen atoms in total. The van der Waals surface area contributed by atoms with Crippen LogP contribution in [0.25, 0.3) is 0 Å². The Hall–Kier alpha value is -1.97. The van der Waals surface area contributed by atoms with E-state index < -0.39 is 15.9 Å². The van der Waals surface area contributed by atoms with Gasteiger partial charge in [-0.05, 0) is 31.9 Å². The summed E-state index contributed by atoms with van der Waals surface area (Å²) in [6, 6.07) is 6.66. The summed E-state index contributed by atoms with van der Waals surface area (Å²) in [5.41, 5.74) is 6.15. The number of amides is 2. The first-order chi connectivity index (χ1) is 11.8. The Morgan fingerprint density at radius 3 is 2.32 bits per heavy atom. The molecule has 0 radical (unpaired) electrons. The van der Waals surface area contributed by atoms with Crippen LogP contribution in [0.4, 0.5) is 0 Å². The smallest absolute Gasteiger partial charge is 0.243 e. The molecule has 1 saturated heterocycles. The largest absolute Gasteiger partial charge is 0.352 e. The Morgan fingerprint density at radius 1 is 1.16 bits per heavy atom. The maximum absolute atomic E-state index is 12.6. The van der Waals surface area contributed by atoms with Crippen molar-refractivity contribution in [1.29, 1.82) is 0 Å². The Morgan fingerprint density at radius 2 is 1.76 bits per heavy atom. The molecule has 0 bridgehead atoms. The lowest BCUT2D eigenvalue weighted by Gasteiger charge is -2.31. The summed E-state index contributed by atoms with van der Waals surface area (Å²) >= 11 is 0. The fourth-order valence-corrected chi connectivity index (χ4v) is 4.10. The van der Waals surface area contributed by atoms with Crippen molar-refractivity contribution in [1.82, 2.24) is 14.9 Å². The quantitative estimate of drug-likeness (QED) is 0.615. The summed E-state index contributed by atoms with van der Waals surface area (Å²) in [6.45, 7) is 2.30. The second-order valence-electron chi connectivity index (χ2n) is 6.04. The molecule has 9 heteroatoms. The number of carbonyl (C=O) groups is 2. The van der Waals surface area contributed by atoms with Gasteiger partial charge in [0.1, 0.15) is 0 Å². The van der Waals surface area contributed by atoms with Crippen LogP contribution < -0.4 is 16.4 Å². The molecule has 1 heterocycles. The lowest BCUT2D eigenvalue weighted by Crippen LogP contribution is -2.49. The van der Waals surface area contributed by atoms with E-state index in [4.69, 9.17) is 5.73 Å². The van der Waals surface area contributed by atoms with E-state index in [1.807, 2.05) is 6.92 Å². The van der Waals surface area contributed by atoms with Crippen LogP contribution in [0.2, 0.25) is 0 Å². The molecular weight excluding hydrogens is 344 g/mol.